The third-order valence-electron chi connectivity index (χ3n) is 4.21. The van der Waals surface area contributed by atoms with Crippen molar-refractivity contribution in [3.05, 3.63) is 48.0 Å². The van der Waals surface area contributed by atoms with Crippen molar-refractivity contribution in [3.63, 3.8) is 0 Å². The van der Waals surface area contributed by atoms with E-state index in [1.54, 1.807) is 19.2 Å². The van der Waals surface area contributed by atoms with E-state index in [0.29, 0.717) is 23.7 Å². The van der Waals surface area contributed by atoms with Gasteiger partial charge >= 0.3 is 5.97 Å². The molecule has 0 atom stereocenters. The molecule has 0 saturated carbocycles. The van der Waals surface area contributed by atoms with Gasteiger partial charge in [-0.15, -0.1) is 0 Å². The summed E-state index contributed by atoms with van der Waals surface area (Å²) in [7, 11) is 2.87. The molecule has 27 heavy (non-hydrogen) atoms. The Morgan fingerprint density at radius 3 is 2.37 bits per heavy atom. The molecule has 0 bridgehead atoms. The summed E-state index contributed by atoms with van der Waals surface area (Å²) >= 11 is 0. The van der Waals surface area contributed by atoms with Gasteiger partial charge in [-0.1, -0.05) is 43.7 Å². The van der Waals surface area contributed by atoms with Gasteiger partial charge in [0.1, 0.15) is 0 Å². The quantitative estimate of drug-likeness (QED) is 0.345. The first kappa shape index (κ1) is 20.5. The minimum Gasteiger partial charge on any atom is -0.493 e. The molecule has 0 aliphatic carbocycles. The Balaban J connectivity index is 2.42. The summed E-state index contributed by atoms with van der Waals surface area (Å²) < 4.78 is 16.1. The highest BCUT2D eigenvalue weighted by atomic mass is 16.5. The Morgan fingerprint density at radius 2 is 1.74 bits per heavy atom. The van der Waals surface area contributed by atoms with Gasteiger partial charge in [-0.2, -0.15) is 0 Å². The monoisotopic (exact) mass is 370 g/mol. The molecule has 0 spiro atoms. The van der Waals surface area contributed by atoms with Crippen molar-refractivity contribution < 1.29 is 23.8 Å². The van der Waals surface area contributed by atoms with Crippen molar-refractivity contribution in [1.29, 1.82) is 0 Å². The normalized spacial score (nSPS) is 10.3. The second-order valence-corrected chi connectivity index (χ2v) is 6.12. The van der Waals surface area contributed by atoms with E-state index < -0.39 is 5.97 Å². The zero-order chi connectivity index (χ0) is 19.6. The number of carbonyl (C=O) groups excluding carboxylic acids is 2. The van der Waals surface area contributed by atoms with Crippen LogP contribution in [0.4, 0.5) is 0 Å². The van der Waals surface area contributed by atoms with Gasteiger partial charge in [-0.25, -0.2) is 0 Å². The molecule has 0 fully saturated rings. The summed E-state index contributed by atoms with van der Waals surface area (Å²) in [4.78, 5) is 23.9. The highest BCUT2D eigenvalue weighted by Crippen LogP contribution is 2.40. The molecular weight excluding hydrogens is 344 g/mol. The van der Waals surface area contributed by atoms with Crippen molar-refractivity contribution in [2.75, 3.05) is 20.8 Å². The third-order valence-corrected chi connectivity index (χ3v) is 4.21. The number of hydrogen-bond donors (Lipinski definition) is 0. The second-order valence-electron chi connectivity index (χ2n) is 6.12. The predicted molar refractivity (Wildman–Crippen MR) is 104 cm³/mol. The van der Waals surface area contributed by atoms with E-state index in [9.17, 15) is 9.59 Å². The summed E-state index contributed by atoms with van der Waals surface area (Å²) in [5, 5.41) is 0. The fourth-order valence-electron chi connectivity index (χ4n) is 2.68. The summed E-state index contributed by atoms with van der Waals surface area (Å²) in [6.07, 6.45) is 2.08. The Morgan fingerprint density at radius 1 is 1.00 bits per heavy atom. The number of hydrogen-bond acceptors (Lipinski definition) is 5. The number of methoxy groups -OCH3 is 2. The molecule has 0 heterocycles. The first-order valence-electron chi connectivity index (χ1n) is 9.11. The van der Waals surface area contributed by atoms with Gasteiger partial charge in [0.05, 0.1) is 27.2 Å². The lowest BCUT2D eigenvalue weighted by molar-refractivity contribution is -0.140. The van der Waals surface area contributed by atoms with Gasteiger partial charge in [0, 0.05) is 17.5 Å². The van der Waals surface area contributed by atoms with Crippen LogP contribution in [0.3, 0.4) is 0 Å². The van der Waals surface area contributed by atoms with E-state index >= 15 is 0 Å². The minimum absolute atomic E-state index is 0.0487. The van der Waals surface area contributed by atoms with E-state index in [2.05, 4.69) is 11.7 Å². The van der Waals surface area contributed by atoms with E-state index in [1.807, 2.05) is 30.3 Å². The topological polar surface area (TPSA) is 61.8 Å². The molecule has 0 N–H and O–H groups in total. The zero-order valence-corrected chi connectivity index (χ0v) is 16.1. The molecule has 0 saturated heterocycles. The molecule has 0 aliphatic heterocycles. The van der Waals surface area contributed by atoms with Crippen molar-refractivity contribution in [2.24, 2.45) is 0 Å². The fourth-order valence-corrected chi connectivity index (χ4v) is 2.68. The van der Waals surface area contributed by atoms with E-state index in [-0.39, 0.29) is 18.6 Å². The first-order chi connectivity index (χ1) is 13.1. The molecule has 2 aromatic carbocycles. The molecule has 0 aromatic heterocycles. The van der Waals surface area contributed by atoms with Gasteiger partial charge in [0.15, 0.2) is 17.3 Å². The first-order valence-corrected chi connectivity index (χ1v) is 9.11. The van der Waals surface area contributed by atoms with Crippen molar-refractivity contribution in [2.45, 2.75) is 32.6 Å². The second kappa shape index (κ2) is 10.4. The molecule has 0 aliphatic rings. The van der Waals surface area contributed by atoms with Gasteiger partial charge in [0.2, 0.25) is 0 Å². The SMILES string of the molecule is CCCCOc1c(OC)cc(C(=O)CCC(=O)OC)cc1-c1ccccc1. The predicted octanol–water partition coefficient (Wildman–Crippen LogP) is 4.68. The minimum atomic E-state index is -0.405. The van der Waals surface area contributed by atoms with Crippen LogP contribution in [0, 0.1) is 0 Å². The van der Waals surface area contributed by atoms with Crippen LogP contribution >= 0.6 is 0 Å². The van der Waals surface area contributed by atoms with Gasteiger partial charge < -0.3 is 14.2 Å². The lowest BCUT2D eigenvalue weighted by atomic mass is 9.98. The van der Waals surface area contributed by atoms with Crippen LogP contribution in [0.1, 0.15) is 43.0 Å². The number of unbranched alkanes of at least 4 members (excludes halogenated alkanes) is 1. The van der Waals surface area contributed by atoms with Crippen LogP contribution in [0.5, 0.6) is 11.5 Å². The Bertz CT molecular complexity index is 768. The van der Waals surface area contributed by atoms with Crippen LogP contribution in [-0.4, -0.2) is 32.6 Å². The summed E-state index contributed by atoms with van der Waals surface area (Å²) in [5.74, 6) is 0.588. The molecular formula is C22H26O5. The largest absolute Gasteiger partial charge is 0.493 e. The number of rotatable bonds is 10. The van der Waals surface area contributed by atoms with Crippen molar-refractivity contribution in [3.8, 4) is 22.6 Å². The maximum Gasteiger partial charge on any atom is 0.305 e. The van der Waals surface area contributed by atoms with Crippen molar-refractivity contribution in [1.82, 2.24) is 0 Å². The van der Waals surface area contributed by atoms with Crippen LogP contribution in [0.2, 0.25) is 0 Å². The number of Topliss-reactive ketones (excluding diaryl/α,β-unsaturated/α-hetero) is 1. The molecule has 2 rings (SSSR count). The van der Waals surface area contributed by atoms with Gasteiger partial charge in [-0.05, 0) is 24.1 Å². The lowest BCUT2D eigenvalue weighted by Gasteiger charge is -2.17. The third kappa shape index (κ3) is 5.58. The van der Waals surface area contributed by atoms with Crippen LogP contribution in [-0.2, 0) is 9.53 Å². The highest BCUT2D eigenvalue weighted by Gasteiger charge is 2.19. The number of esters is 1. The van der Waals surface area contributed by atoms with Gasteiger partial charge in [-0.3, -0.25) is 9.59 Å². The van der Waals surface area contributed by atoms with Crippen LogP contribution in [0.25, 0.3) is 11.1 Å². The van der Waals surface area contributed by atoms with E-state index in [1.165, 1.54) is 7.11 Å². The molecule has 0 unspecified atom stereocenters. The number of carbonyl (C=O) groups is 2. The number of benzene rings is 2. The van der Waals surface area contributed by atoms with E-state index in [4.69, 9.17) is 9.47 Å². The average molecular weight is 370 g/mol. The highest BCUT2D eigenvalue weighted by molar-refractivity contribution is 5.99. The summed E-state index contributed by atoms with van der Waals surface area (Å²) in [5.41, 5.74) is 2.22. The zero-order valence-electron chi connectivity index (χ0n) is 16.1. The summed E-state index contributed by atoms with van der Waals surface area (Å²) in [6, 6.07) is 13.2. The molecule has 0 radical (unpaired) electrons. The standard InChI is InChI=1S/C22H26O5/c1-4-5-13-27-22-18(16-9-7-6-8-10-16)14-17(15-20(22)25-2)19(23)11-12-21(24)26-3/h6-10,14-15H,4-5,11-13H2,1-3H3. The maximum atomic E-state index is 12.6. The molecule has 5 heteroatoms. The molecule has 2 aromatic rings. The smallest absolute Gasteiger partial charge is 0.305 e. The average Bonchev–Trinajstić information content (AvgIpc) is 2.72. The number of ether oxygens (including phenoxy) is 3. The number of ketones is 1. The lowest BCUT2D eigenvalue weighted by Crippen LogP contribution is -2.07. The molecule has 0 amide bonds. The Hall–Kier alpha value is -2.82. The van der Waals surface area contributed by atoms with E-state index in [0.717, 1.165) is 24.0 Å². The molecule has 5 nitrogen and oxygen atoms in total. The fraction of sp³-hybridized carbons (Fsp3) is 0.364. The Kier molecular flexibility index (Phi) is 7.86. The Labute approximate surface area is 160 Å². The van der Waals surface area contributed by atoms with Crippen molar-refractivity contribution >= 4 is 11.8 Å². The summed E-state index contributed by atoms with van der Waals surface area (Å²) in [6.45, 7) is 2.67. The van der Waals surface area contributed by atoms with Crippen LogP contribution < -0.4 is 9.47 Å². The molecule has 144 valence electrons. The van der Waals surface area contributed by atoms with Crippen LogP contribution in [0.15, 0.2) is 42.5 Å². The van der Waals surface area contributed by atoms with Gasteiger partial charge in [0.25, 0.3) is 0 Å². The maximum absolute atomic E-state index is 12.6.